The van der Waals surface area contributed by atoms with Crippen molar-refractivity contribution in [2.45, 2.75) is 213 Å². The Morgan fingerprint density at radius 2 is 0.675 bits per heavy atom. The molecule has 40 heavy (non-hydrogen) atoms. The third-order valence-corrected chi connectivity index (χ3v) is 8.81. The van der Waals surface area contributed by atoms with E-state index in [0.29, 0.717) is 5.91 Å². The van der Waals surface area contributed by atoms with Crippen molar-refractivity contribution in [3.8, 4) is 0 Å². The summed E-state index contributed by atoms with van der Waals surface area (Å²) >= 11 is 0. The number of unbranched alkanes of at least 4 members (excludes halogenated alkanes) is 27. The fraction of sp³-hybridized carbons (Fsp3) is 0.973. The van der Waals surface area contributed by atoms with Crippen molar-refractivity contribution in [2.75, 3.05) is 19.6 Å². The lowest BCUT2D eigenvalue weighted by Crippen LogP contribution is -2.50. The van der Waals surface area contributed by atoms with Crippen LogP contribution in [0.15, 0.2) is 0 Å². The molecule has 0 bridgehead atoms. The van der Waals surface area contributed by atoms with Gasteiger partial charge < -0.3 is 10.6 Å². The van der Waals surface area contributed by atoms with Gasteiger partial charge in [-0.1, -0.05) is 181 Å². The number of quaternary nitrogens is 1. The van der Waals surface area contributed by atoms with Crippen LogP contribution < -0.4 is 5.73 Å². The lowest BCUT2D eigenvalue weighted by Gasteiger charge is -2.23. The zero-order chi connectivity index (χ0) is 29.2. The highest BCUT2D eigenvalue weighted by molar-refractivity contribution is 5.76. The topological polar surface area (TPSA) is 48.0 Å². The van der Waals surface area contributed by atoms with Crippen molar-refractivity contribution in [3.05, 3.63) is 0 Å². The number of rotatable bonds is 34. The Morgan fingerprint density at radius 1 is 0.400 bits per heavy atom. The molecule has 0 aliphatic rings. The minimum atomic E-state index is 0.401. The highest BCUT2D eigenvalue weighted by atomic mass is 16.2. The van der Waals surface area contributed by atoms with E-state index < -0.39 is 0 Å². The first-order valence-corrected chi connectivity index (χ1v) is 18.8. The van der Waals surface area contributed by atoms with Crippen molar-refractivity contribution in [3.63, 3.8) is 0 Å². The zero-order valence-electron chi connectivity index (χ0n) is 28.1. The number of hydrogen-bond donors (Lipinski definition) is 1. The minimum absolute atomic E-state index is 0.401. The quantitative estimate of drug-likeness (QED) is 0.0775. The van der Waals surface area contributed by atoms with Gasteiger partial charge in [-0.2, -0.15) is 0 Å². The van der Waals surface area contributed by atoms with Gasteiger partial charge >= 0.3 is 0 Å². The van der Waals surface area contributed by atoms with Gasteiger partial charge in [-0.3, -0.25) is 4.79 Å². The Kier molecular flexibility index (Phi) is 34.1. The number of hydrogen-bond acceptors (Lipinski definition) is 1. The van der Waals surface area contributed by atoms with Crippen LogP contribution in [0.3, 0.4) is 0 Å². The van der Waals surface area contributed by atoms with Gasteiger partial charge in [-0.05, 0) is 25.7 Å². The van der Waals surface area contributed by atoms with Crippen LogP contribution in [0.5, 0.6) is 0 Å². The van der Waals surface area contributed by atoms with Crippen molar-refractivity contribution < 1.29 is 10.5 Å². The summed E-state index contributed by atoms with van der Waals surface area (Å²) < 4.78 is 0. The number of carbonyl (C=O) groups excluding carboxylic acids is 1. The SMILES string of the molecule is CCCCCCCCCCCCCCCCN(CCCCCCCCCCCCCCCC)C(=O)CCCC[NH3+]. The second-order valence-corrected chi connectivity index (χ2v) is 12.9. The number of amides is 1. The highest BCUT2D eigenvalue weighted by Crippen LogP contribution is 2.15. The molecule has 0 aromatic rings. The van der Waals surface area contributed by atoms with E-state index in [-0.39, 0.29) is 0 Å². The molecule has 0 saturated carbocycles. The van der Waals surface area contributed by atoms with E-state index in [1.807, 2.05) is 0 Å². The van der Waals surface area contributed by atoms with Crippen molar-refractivity contribution in [2.24, 2.45) is 0 Å². The summed E-state index contributed by atoms with van der Waals surface area (Å²) in [6.45, 7) is 7.51. The normalized spacial score (nSPS) is 11.4. The first-order valence-electron chi connectivity index (χ1n) is 18.8. The summed E-state index contributed by atoms with van der Waals surface area (Å²) in [7, 11) is 0. The average Bonchev–Trinajstić information content (AvgIpc) is 2.96. The molecule has 3 N–H and O–H groups in total. The highest BCUT2D eigenvalue weighted by Gasteiger charge is 2.12. The second kappa shape index (κ2) is 34.6. The predicted octanol–water partition coefficient (Wildman–Crippen LogP) is 11.2. The van der Waals surface area contributed by atoms with E-state index in [2.05, 4.69) is 24.5 Å². The second-order valence-electron chi connectivity index (χ2n) is 12.9. The van der Waals surface area contributed by atoms with Gasteiger partial charge in [0.15, 0.2) is 0 Å². The standard InChI is InChI=1S/C37H76N2O/c1-3-5-7-9-11-13-15-17-19-21-23-25-27-31-35-39(37(40)33-29-30-34-38)36-32-28-26-24-22-20-18-16-14-12-10-8-6-4-2/h3-36,38H2,1-2H3/p+1. The monoisotopic (exact) mass is 566 g/mol. The molecular formula is C37H77N2O+. The Labute approximate surface area is 253 Å². The van der Waals surface area contributed by atoms with E-state index in [0.717, 1.165) is 38.9 Å². The average molecular weight is 566 g/mol. The minimum Gasteiger partial charge on any atom is -0.358 e. The van der Waals surface area contributed by atoms with Crippen LogP contribution in [0.2, 0.25) is 0 Å². The van der Waals surface area contributed by atoms with Crippen molar-refractivity contribution in [1.82, 2.24) is 4.90 Å². The molecule has 0 aromatic heterocycles. The van der Waals surface area contributed by atoms with Crippen LogP contribution in [0, 0.1) is 0 Å². The molecule has 0 aliphatic carbocycles. The van der Waals surface area contributed by atoms with Gasteiger partial charge in [0.1, 0.15) is 0 Å². The van der Waals surface area contributed by atoms with Crippen LogP contribution in [0.1, 0.15) is 213 Å². The van der Waals surface area contributed by atoms with Crippen LogP contribution in [-0.4, -0.2) is 30.4 Å². The van der Waals surface area contributed by atoms with E-state index in [1.165, 1.54) is 180 Å². The van der Waals surface area contributed by atoms with Gasteiger partial charge in [-0.25, -0.2) is 0 Å². The fourth-order valence-electron chi connectivity index (χ4n) is 5.97. The van der Waals surface area contributed by atoms with Gasteiger partial charge in [-0.15, -0.1) is 0 Å². The van der Waals surface area contributed by atoms with Crippen LogP contribution in [0.4, 0.5) is 0 Å². The third-order valence-electron chi connectivity index (χ3n) is 8.81. The Hall–Kier alpha value is -0.570. The molecule has 0 aliphatic heterocycles. The first kappa shape index (κ1) is 39.4. The third kappa shape index (κ3) is 30.4. The molecule has 0 heterocycles. The summed E-state index contributed by atoms with van der Waals surface area (Å²) in [5.41, 5.74) is 3.94. The predicted molar refractivity (Wildman–Crippen MR) is 179 cm³/mol. The lowest BCUT2D eigenvalue weighted by molar-refractivity contribution is -0.368. The Bertz CT molecular complexity index is 449. The van der Waals surface area contributed by atoms with E-state index in [1.54, 1.807) is 0 Å². The summed E-state index contributed by atoms with van der Waals surface area (Å²) in [4.78, 5) is 15.1. The largest absolute Gasteiger partial charge is 0.358 e. The van der Waals surface area contributed by atoms with Crippen LogP contribution in [0.25, 0.3) is 0 Å². The molecule has 0 atom stereocenters. The van der Waals surface area contributed by atoms with Crippen LogP contribution >= 0.6 is 0 Å². The molecule has 0 aromatic carbocycles. The zero-order valence-corrected chi connectivity index (χ0v) is 28.1. The Morgan fingerprint density at radius 3 is 0.950 bits per heavy atom. The first-order chi connectivity index (χ1) is 19.8. The molecule has 3 heteroatoms. The van der Waals surface area contributed by atoms with Crippen molar-refractivity contribution >= 4 is 5.91 Å². The van der Waals surface area contributed by atoms with Gasteiger partial charge in [0.2, 0.25) is 5.91 Å². The molecule has 0 unspecified atom stereocenters. The van der Waals surface area contributed by atoms with E-state index >= 15 is 0 Å². The summed E-state index contributed by atoms with van der Waals surface area (Å²) in [5.74, 6) is 0.401. The Balaban J connectivity index is 3.77. The van der Waals surface area contributed by atoms with Gasteiger partial charge in [0, 0.05) is 19.5 Å². The van der Waals surface area contributed by atoms with Crippen LogP contribution in [-0.2, 0) is 4.79 Å². The molecule has 3 nitrogen and oxygen atoms in total. The number of nitrogens with zero attached hydrogens (tertiary/aromatic N) is 1. The molecule has 240 valence electrons. The summed E-state index contributed by atoms with van der Waals surface area (Å²) in [5, 5.41) is 0. The summed E-state index contributed by atoms with van der Waals surface area (Å²) in [6.07, 6.45) is 41.7. The molecular weight excluding hydrogens is 488 g/mol. The number of carbonyl (C=O) groups is 1. The smallest absolute Gasteiger partial charge is 0.222 e. The fourth-order valence-corrected chi connectivity index (χ4v) is 5.97. The lowest BCUT2D eigenvalue weighted by atomic mass is 10.0. The molecule has 0 radical (unpaired) electrons. The molecule has 0 fully saturated rings. The molecule has 0 spiro atoms. The molecule has 0 rings (SSSR count). The van der Waals surface area contributed by atoms with E-state index in [9.17, 15) is 4.79 Å². The van der Waals surface area contributed by atoms with Crippen molar-refractivity contribution in [1.29, 1.82) is 0 Å². The molecule has 0 saturated heterocycles. The van der Waals surface area contributed by atoms with Gasteiger partial charge in [0.25, 0.3) is 0 Å². The summed E-state index contributed by atoms with van der Waals surface area (Å²) in [6, 6.07) is 0. The van der Waals surface area contributed by atoms with E-state index in [4.69, 9.17) is 0 Å². The maximum atomic E-state index is 12.9. The maximum Gasteiger partial charge on any atom is 0.222 e. The van der Waals surface area contributed by atoms with Gasteiger partial charge in [0.05, 0.1) is 6.54 Å². The maximum absolute atomic E-state index is 12.9. The molecule has 1 amide bonds.